The molecule has 11 heavy (non-hydrogen) atoms. The molecular formula is C8H15NO2. The predicted molar refractivity (Wildman–Crippen MR) is 43.6 cm³/mol. The SMILES string of the molecule is COC1=N[C@@H](C(C)(C)C)CO1. The fraction of sp³-hybridized carbons (Fsp3) is 0.875. The van der Waals surface area contributed by atoms with Crippen LogP contribution < -0.4 is 0 Å². The molecule has 0 aromatic rings. The summed E-state index contributed by atoms with van der Waals surface area (Å²) in [6, 6.07) is 0.234. The van der Waals surface area contributed by atoms with Crippen LogP contribution in [-0.2, 0) is 9.47 Å². The quantitative estimate of drug-likeness (QED) is 0.532. The Balaban J connectivity index is 2.59. The van der Waals surface area contributed by atoms with Crippen molar-refractivity contribution in [3.63, 3.8) is 0 Å². The number of hydrogen-bond donors (Lipinski definition) is 0. The summed E-state index contributed by atoms with van der Waals surface area (Å²) in [5, 5.41) is 0. The van der Waals surface area contributed by atoms with Crippen molar-refractivity contribution in [3.05, 3.63) is 0 Å². The van der Waals surface area contributed by atoms with Crippen LogP contribution in [0.25, 0.3) is 0 Å². The average molecular weight is 157 g/mol. The van der Waals surface area contributed by atoms with Gasteiger partial charge in [0.25, 0.3) is 0 Å². The summed E-state index contributed by atoms with van der Waals surface area (Å²) in [4.78, 5) is 4.25. The lowest BCUT2D eigenvalue weighted by Crippen LogP contribution is -2.25. The van der Waals surface area contributed by atoms with E-state index in [4.69, 9.17) is 9.47 Å². The van der Waals surface area contributed by atoms with Crippen LogP contribution in [0.4, 0.5) is 0 Å². The largest absolute Gasteiger partial charge is 0.454 e. The molecule has 0 aliphatic carbocycles. The molecule has 3 heteroatoms. The van der Waals surface area contributed by atoms with Gasteiger partial charge in [-0.15, -0.1) is 0 Å². The third kappa shape index (κ3) is 1.85. The minimum absolute atomic E-state index is 0.167. The van der Waals surface area contributed by atoms with Crippen LogP contribution in [0.1, 0.15) is 20.8 Å². The highest BCUT2D eigenvalue weighted by molar-refractivity contribution is 5.68. The highest BCUT2D eigenvalue weighted by Crippen LogP contribution is 2.25. The maximum Gasteiger partial charge on any atom is 0.383 e. The van der Waals surface area contributed by atoms with E-state index in [2.05, 4.69) is 25.8 Å². The van der Waals surface area contributed by atoms with Gasteiger partial charge < -0.3 is 9.47 Å². The first-order chi connectivity index (χ1) is 5.04. The zero-order chi connectivity index (χ0) is 8.48. The summed E-state index contributed by atoms with van der Waals surface area (Å²) >= 11 is 0. The number of rotatable bonds is 0. The van der Waals surface area contributed by atoms with Gasteiger partial charge in [0, 0.05) is 0 Å². The molecule has 0 saturated carbocycles. The molecule has 64 valence electrons. The van der Waals surface area contributed by atoms with Gasteiger partial charge in [-0.2, -0.15) is 0 Å². The van der Waals surface area contributed by atoms with Crippen molar-refractivity contribution < 1.29 is 9.47 Å². The third-order valence-corrected chi connectivity index (χ3v) is 1.80. The molecule has 0 aromatic carbocycles. The Kier molecular flexibility index (Phi) is 2.07. The van der Waals surface area contributed by atoms with Crippen molar-refractivity contribution in [2.75, 3.05) is 13.7 Å². The van der Waals surface area contributed by atoms with Crippen LogP contribution in [0.15, 0.2) is 4.99 Å². The van der Waals surface area contributed by atoms with Gasteiger partial charge in [0.05, 0.1) is 13.2 Å². The summed E-state index contributed by atoms with van der Waals surface area (Å²) in [5.41, 5.74) is 0.167. The number of hydrogen-bond acceptors (Lipinski definition) is 3. The molecule has 1 aliphatic rings. The highest BCUT2D eigenvalue weighted by atomic mass is 16.7. The first kappa shape index (κ1) is 8.37. The normalized spacial score (nSPS) is 24.4. The second-order valence-corrected chi connectivity index (χ2v) is 3.79. The van der Waals surface area contributed by atoms with E-state index in [0.29, 0.717) is 12.7 Å². The molecule has 0 bridgehead atoms. The number of nitrogens with zero attached hydrogens (tertiary/aromatic N) is 1. The second-order valence-electron chi connectivity index (χ2n) is 3.79. The van der Waals surface area contributed by atoms with E-state index in [1.54, 1.807) is 7.11 Å². The molecular weight excluding hydrogens is 142 g/mol. The van der Waals surface area contributed by atoms with Crippen LogP contribution in [0, 0.1) is 5.41 Å². The van der Waals surface area contributed by atoms with E-state index in [1.807, 2.05) is 0 Å². The lowest BCUT2D eigenvalue weighted by atomic mass is 9.88. The van der Waals surface area contributed by atoms with Crippen LogP contribution in [0.3, 0.4) is 0 Å². The van der Waals surface area contributed by atoms with Gasteiger partial charge in [-0.05, 0) is 5.41 Å². The van der Waals surface area contributed by atoms with E-state index in [9.17, 15) is 0 Å². The smallest absolute Gasteiger partial charge is 0.383 e. The van der Waals surface area contributed by atoms with Gasteiger partial charge in [0.2, 0.25) is 0 Å². The van der Waals surface area contributed by atoms with Gasteiger partial charge in [0.1, 0.15) is 6.61 Å². The van der Waals surface area contributed by atoms with Gasteiger partial charge in [-0.1, -0.05) is 20.8 Å². The highest BCUT2D eigenvalue weighted by Gasteiger charge is 2.30. The molecule has 3 nitrogen and oxygen atoms in total. The summed E-state index contributed by atoms with van der Waals surface area (Å²) in [7, 11) is 1.57. The molecule has 0 saturated heterocycles. The maximum absolute atomic E-state index is 5.17. The van der Waals surface area contributed by atoms with Gasteiger partial charge in [-0.25, -0.2) is 4.99 Å². The lowest BCUT2D eigenvalue weighted by molar-refractivity contribution is 0.192. The van der Waals surface area contributed by atoms with Crippen LogP contribution in [0.5, 0.6) is 0 Å². The Labute approximate surface area is 67.4 Å². The van der Waals surface area contributed by atoms with Crippen molar-refractivity contribution in [1.82, 2.24) is 0 Å². The van der Waals surface area contributed by atoms with E-state index >= 15 is 0 Å². The Bertz CT molecular complexity index is 169. The number of ether oxygens (including phenoxy) is 2. The van der Waals surface area contributed by atoms with Crippen molar-refractivity contribution in [2.45, 2.75) is 26.8 Å². The predicted octanol–water partition coefficient (Wildman–Crippen LogP) is 1.43. The Hall–Kier alpha value is -0.730. The minimum atomic E-state index is 0.167. The van der Waals surface area contributed by atoms with E-state index < -0.39 is 0 Å². The van der Waals surface area contributed by atoms with Crippen molar-refractivity contribution in [2.24, 2.45) is 10.4 Å². The molecule has 0 aromatic heterocycles. The van der Waals surface area contributed by atoms with Crippen molar-refractivity contribution in [1.29, 1.82) is 0 Å². The van der Waals surface area contributed by atoms with E-state index in [0.717, 1.165) is 0 Å². The molecule has 0 N–H and O–H groups in total. The first-order valence-electron chi connectivity index (χ1n) is 3.78. The summed E-state index contributed by atoms with van der Waals surface area (Å²) in [6.07, 6.45) is 0.421. The van der Waals surface area contributed by atoms with Crippen LogP contribution >= 0.6 is 0 Å². The number of aliphatic imine (C=N–C) groups is 1. The third-order valence-electron chi connectivity index (χ3n) is 1.80. The molecule has 0 radical (unpaired) electrons. The zero-order valence-electron chi connectivity index (χ0n) is 7.55. The summed E-state index contributed by atoms with van der Waals surface area (Å²) < 4.78 is 10.0. The molecule has 1 aliphatic heterocycles. The molecule has 0 amide bonds. The Morgan fingerprint density at radius 2 is 2.18 bits per heavy atom. The Morgan fingerprint density at radius 3 is 2.45 bits per heavy atom. The van der Waals surface area contributed by atoms with Crippen molar-refractivity contribution in [3.8, 4) is 0 Å². The van der Waals surface area contributed by atoms with Crippen molar-refractivity contribution >= 4 is 6.08 Å². The molecule has 0 fully saturated rings. The molecule has 0 spiro atoms. The Morgan fingerprint density at radius 1 is 1.55 bits per heavy atom. The van der Waals surface area contributed by atoms with Crippen LogP contribution in [-0.4, -0.2) is 25.8 Å². The molecule has 1 rings (SSSR count). The molecule has 1 atom stereocenters. The van der Waals surface area contributed by atoms with Gasteiger partial charge in [-0.3, -0.25) is 0 Å². The second kappa shape index (κ2) is 2.72. The topological polar surface area (TPSA) is 30.8 Å². The standard InChI is InChI=1S/C8H15NO2/c1-8(2,3)6-5-11-7(9-6)10-4/h6H,5H2,1-4H3/t6-/m1/s1. The van der Waals surface area contributed by atoms with Crippen LogP contribution in [0.2, 0.25) is 0 Å². The maximum atomic E-state index is 5.17. The molecule has 1 heterocycles. The van der Waals surface area contributed by atoms with Gasteiger partial charge >= 0.3 is 6.08 Å². The zero-order valence-corrected chi connectivity index (χ0v) is 7.55. The summed E-state index contributed by atoms with van der Waals surface area (Å²) in [6.45, 7) is 7.07. The average Bonchev–Trinajstić information content (AvgIpc) is 2.32. The monoisotopic (exact) mass is 157 g/mol. The van der Waals surface area contributed by atoms with E-state index in [-0.39, 0.29) is 11.5 Å². The lowest BCUT2D eigenvalue weighted by Gasteiger charge is -2.21. The fourth-order valence-electron chi connectivity index (χ4n) is 0.907. The minimum Gasteiger partial charge on any atom is -0.454 e. The summed E-state index contributed by atoms with van der Waals surface area (Å²) in [5.74, 6) is 0. The van der Waals surface area contributed by atoms with Gasteiger partial charge in [0.15, 0.2) is 0 Å². The number of methoxy groups -OCH3 is 1. The fourth-order valence-corrected chi connectivity index (χ4v) is 0.907. The first-order valence-corrected chi connectivity index (χ1v) is 3.78. The molecule has 0 unspecified atom stereocenters. The van der Waals surface area contributed by atoms with E-state index in [1.165, 1.54) is 0 Å².